The summed E-state index contributed by atoms with van der Waals surface area (Å²) in [4.78, 5) is 27.2. The van der Waals surface area contributed by atoms with Gasteiger partial charge in [0.15, 0.2) is 0 Å². The third kappa shape index (κ3) is 5.44. The monoisotopic (exact) mass is 350 g/mol. The van der Waals surface area contributed by atoms with E-state index >= 15 is 0 Å². The molecular weight excluding hydrogens is 324 g/mol. The van der Waals surface area contributed by atoms with Crippen molar-refractivity contribution in [2.45, 2.75) is 18.9 Å². The number of aliphatic hydroxyl groups is 1. The van der Waals surface area contributed by atoms with E-state index in [2.05, 4.69) is 0 Å². The van der Waals surface area contributed by atoms with Crippen LogP contribution >= 0.6 is 0 Å². The molecule has 7 heteroatoms. The van der Waals surface area contributed by atoms with Crippen molar-refractivity contribution in [2.24, 2.45) is 0 Å². The fourth-order valence-electron chi connectivity index (χ4n) is 2.72. The van der Waals surface area contributed by atoms with Gasteiger partial charge in [0.2, 0.25) is 11.8 Å². The Balaban J connectivity index is 1.84. The molecule has 1 N–H and O–H groups in total. The van der Waals surface area contributed by atoms with Crippen molar-refractivity contribution >= 4 is 11.8 Å². The molecule has 1 unspecified atom stereocenters. The minimum Gasteiger partial charge on any atom is -0.492 e. The van der Waals surface area contributed by atoms with E-state index in [0.717, 1.165) is 5.75 Å². The van der Waals surface area contributed by atoms with E-state index in [9.17, 15) is 14.7 Å². The van der Waals surface area contributed by atoms with Crippen LogP contribution in [0.2, 0.25) is 0 Å². The lowest BCUT2D eigenvalue weighted by Crippen LogP contribution is -2.57. The summed E-state index contributed by atoms with van der Waals surface area (Å²) in [5.41, 5.74) is -1.03. The number of para-hydroxylation sites is 1. The van der Waals surface area contributed by atoms with E-state index in [4.69, 9.17) is 9.47 Å². The molecule has 1 aromatic rings. The maximum Gasteiger partial charge on any atom is 0.225 e. The minimum atomic E-state index is -1.03. The zero-order valence-electron chi connectivity index (χ0n) is 14.8. The summed E-state index contributed by atoms with van der Waals surface area (Å²) in [5.74, 6) is 0.511. The van der Waals surface area contributed by atoms with E-state index in [-0.39, 0.29) is 31.4 Å². The Hall–Kier alpha value is -2.12. The number of benzene rings is 1. The number of rotatable bonds is 7. The second-order valence-corrected chi connectivity index (χ2v) is 6.28. The Morgan fingerprint density at radius 2 is 2.08 bits per heavy atom. The number of carbonyl (C=O) groups excluding carboxylic acids is 2. The van der Waals surface area contributed by atoms with Crippen LogP contribution in [-0.2, 0) is 14.3 Å². The van der Waals surface area contributed by atoms with Crippen molar-refractivity contribution in [3.8, 4) is 5.75 Å². The minimum absolute atomic E-state index is 0.0229. The number of morpholine rings is 1. The Bertz CT molecular complexity index is 580. The van der Waals surface area contributed by atoms with E-state index < -0.39 is 5.60 Å². The third-order valence-electron chi connectivity index (χ3n) is 4.32. The van der Waals surface area contributed by atoms with Gasteiger partial charge in [-0.15, -0.1) is 0 Å². The number of aliphatic hydroxyl groups excluding tert-OH is 1. The number of carbonyl (C=O) groups is 2. The molecule has 1 atom stereocenters. The van der Waals surface area contributed by atoms with Crippen LogP contribution in [-0.4, -0.2) is 78.8 Å². The maximum atomic E-state index is 12.5. The average molecular weight is 350 g/mol. The summed E-state index contributed by atoms with van der Waals surface area (Å²) in [5, 5.41) is 9.74. The van der Waals surface area contributed by atoms with Crippen molar-refractivity contribution < 1.29 is 24.2 Å². The van der Waals surface area contributed by atoms with Crippen LogP contribution in [0.1, 0.15) is 13.3 Å². The fourth-order valence-corrected chi connectivity index (χ4v) is 2.72. The first-order chi connectivity index (χ1) is 12.0. The lowest BCUT2D eigenvalue weighted by Gasteiger charge is -2.41. The molecule has 1 saturated heterocycles. The van der Waals surface area contributed by atoms with Gasteiger partial charge in [-0.25, -0.2) is 0 Å². The van der Waals surface area contributed by atoms with Crippen molar-refractivity contribution in [1.82, 2.24) is 9.80 Å². The Kier molecular flexibility index (Phi) is 6.78. The lowest BCUT2D eigenvalue weighted by molar-refractivity contribution is -0.166. The summed E-state index contributed by atoms with van der Waals surface area (Å²) < 4.78 is 11.3. The van der Waals surface area contributed by atoms with E-state index in [1.807, 2.05) is 30.3 Å². The molecule has 0 radical (unpaired) electrons. The SMILES string of the molecule is CC(=O)N1CCOC(CO)(CC(=O)N(C)CCOc2ccccc2)C1. The maximum absolute atomic E-state index is 12.5. The highest BCUT2D eigenvalue weighted by atomic mass is 16.5. The number of ether oxygens (including phenoxy) is 2. The fraction of sp³-hybridized carbons (Fsp3) is 0.556. The van der Waals surface area contributed by atoms with Gasteiger partial charge in [-0.2, -0.15) is 0 Å². The van der Waals surface area contributed by atoms with E-state index in [0.29, 0.717) is 26.3 Å². The first-order valence-electron chi connectivity index (χ1n) is 8.38. The van der Waals surface area contributed by atoms with Gasteiger partial charge in [0.25, 0.3) is 0 Å². The van der Waals surface area contributed by atoms with Gasteiger partial charge in [0.05, 0.1) is 32.7 Å². The highest BCUT2D eigenvalue weighted by Crippen LogP contribution is 2.23. The molecule has 1 heterocycles. The topological polar surface area (TPSA) is 79.3 Å². The molecule has 138 valence electrons. The van der Waals surface area contributed by atoms with Crippen molar-refractivity contribution in [2.75, 3.05) is 46.5 Å². The van der Waals surface area contributed by atoms with Gasteiger partial charge < -0.3 is 24.4 Å². The number of hydrogen-bond donors (Lipinski definition) is 1. The summed E-state index contributed by atoms with van der Waals surface area (Å²) in [6.07, 6.45) is 0.0229. The van der Waals surface area contributed by atoms with Gasteiger partial charge in [-0.05, 0) is 12.1 Å². The molecule has 1 fully saturated rings. The molecule has 2 rings (SSSR count). The van der Waals surface area contributed by atoms with Crippen LogP contribution in [0.15, 0.2) is 30.3 Å². The van der Waals surface area contributed by atoms with Crippen LogP contribution in [0.5, 0.6) is 5.75 Å². The molecule has 1 aliphatic rings. The zero-order chi connectivity index (χ0) is 18.3. The van der Waals surface area contributed by atoms with Gasteiger partial charge in [0.1, 0.15) is 18.0 Å². The van der Waals surface area contributed by atoms with Crippen molar-refractivity contribution in [3.05, 3.63) is 30.3 Å². The van der Waals surface area contributed by atoms with Gasteiger partial charge in [-0.1, -0.05) is 18.2 Å². The highest BCUT2D eigenvalue weighted by Gasteiger charge is 2.39. The summed E-state index contributed by atoms with van der Waals surface area (Å²) in [7, 11) is 1.69. The van der Waals surface area contributed by atoms with E-state index in [1.54, 1.807) is 16.8 Å². The molecule has 1 aromatic carbocycles. The summed E-state index contributed by atoms with van der Waals surface area (Å²) in [6, 6.07) is 9.39. The second-order valence-electron chi connectivity index (χ2n) is 6.28. The largest absolute Gasteiger partial charge is 0.492 e. The zero-order valence-corrected chi connectivity index (χ0v) is 14.8. The molecule has 0 spiro atoms. The predicted octanol–water partition coefficient (Wildman–Crippen LogP) is 0.524. The number of hydrogen-bond acceptors (Lipinski definition) is 5. The molecule has 7 nitrogen and oxygen atoms in total. The van der Waals surface area contributed by atoms with Gasteiger partial charge >= 0.3 is 0 Å². The van der Waals surface area contributed by atoms with Crippen molar-refractivity contribution in [3.63, 3.8) is 0 Å². The summed E-state index contributed by atoms with van der Waals surface area (Å²) in [6.45, 7) is 2.98. The number of likely N-dealkylation sites (N-methyl/N-ethyl adjacent to an activating group) is 1. The average Bonchev–Trinajstić information content (AvgIpc) is 2.62. The normalized spacial score (nSPS) is 20.2. The molecule has 0 saturated carbocycles. The number of amides is 2. The Morgan fingerprint density at radius 3 is 2.72 bits per heavy atom. The first kappa shape index (κ1) is 19.2. The molecule has 0 bridgehead atoms. The molecule has 0 aliphatic carbocycles. The smallest absolute Gasteiger partial charge is 0.225 e. The van der Waals surface area contributed by atoms with Crippen LogP contribution in [0.3, 0.4) is 0 Å². The molecule has 25 heavy (non-hydrogen) atoms. The number of nitrogens with zero attached hydrogens (tertiary/aromatic N) is 2. The van der Waals surface area contributed by atoms with Crippen LogP contribution in [0.4, 0.5) is 0 Å². The van der Waals surface area contributed by atoms with Crippen molar-refractivity contribution in [1.29, 1.82) is 0 Å². The quantitative estimate of drug-likeness (QED) is 0.776. The van der Waals surface area contributed by atoms with Gasteiger partial charge in [-0.3, -0.25) is 9.59 Å². The van der Waals surface area contributed by atoms with E-state index in [1.165, 1.54) is 6.92 Å². The molecular formula is C18H26N2O5. The van der Waals surface area contributed by atoms with Crippen LogP contribution in [0, 0.1) is 0 Å². The first-order valence-corrected chi connectivity index (χ1v) is 8.38. The molecule has 2 amide bonds. The van der Waals surface area contributed by atoms with Gasteiger partial charge in [0, 0.05) is 20.5 Å². The molecule has 1 aliphatic heterocycles. The second kappa shape index (κ2) is 8.82. The Morgan fingerprint density at radius 1 is 1.36 bits per heavy atom. The highest BCUT2D eigenvalue weighted by molar-refractivity contribution is 5.77. The van der Waals surface area contributed by atoms with Crippen LogP contribution < -0.4 is 4.74 Å². The molecule has 0 aromatic heterocycles. The third-order valence-corrected chi connectivity index (χ3v) is 4.32. The lowest BCUT2D eigenvalue weighted by atomic mass is 9.97. The van der Waals surface area contributed by atoms with Crippen LogP contribution in [0.25, 0.3) is 0 Å². The Labute approximate surface area is 148 Å². The predicted molar refractivity (Wildman–Crippen MR) is 92.2 cm³/mol. The standard InChI is InChI=1S/C18H26N2O5/c1-15(22)20-9-11-25-18(13-20,14-21)12-17(23)19(2)8-10-24-16-6-4-3-5-7-16/h3-7,21H,8-14H2,1-2H3. The summed E-state index contributed by atoms with van der Waals surface area (Å²) >= 11 is 0.